The van der Waals surface area contributed by atoms with E-state index < -0.39 is 0 Å². The maximum Gasteiger partial charge on any atom is 0.340 e. The van der Waals surface area contributed by atoms with Crippen LogP contribution in [-0.2, 0) is 17.7 Å². The molecule has 0 radical (unpaired) electrons. The van der Waals surface area contributed by atoms with E-state index in [1.54, 1.807) is 13.1 Å². The van der Waals surface area contributed by atoms with Gasteiger partial charge in [0.1, 0.15) is 5.82 Å². The Labute approximate surface area is 211 Å². The first kappa shape index (κ1) is 24.9. The van der Waals surface area contributed by atoms with Gasteiger partial charge in [-0.3, -0.25) is 5.43 Å². The molecule has 1 N–H and O–H groups in total. The number of nitrogens with zero attached hydrogens (tertiary/aromatic N) is 4. The van der Waals surface area contributed by atoms with Gasteiger partial charge in [0.2, 0.25) is 0 Å². The summed E-state index contributed by atoms with van der Waals surface area (Å²) in [5.74, 6) is 0.622. The van der Waals surface area contributed by atoms with Crippen molar-refractivity contribution in [1.29, 1.82) is 0 Å². The molecule has 0 amide bonds. The molecule has 0 aliphatic carbocycles. The van der Waals surface area contributed by atoms with Crippen molar-refractivity contribution in [2.24, 2.45) is 10.3 Å². The molecule has 0 saturated carbocycles. The third-order valence-corrected chi connectivity index (χ3v) is 6.15. The molecule has 7 nitrogen and oxygen atoms in total. The summed E-state index contributed by atoms with van der Waals surface area (Å²) >= 11 is 0. The number of hydrogen-bond donors (Lipinski definition) is 1. The molecular formula is C29H31N5O2. The number of imidazole rings is 1. The highest BCUT2D eigenvalue weighted by atomic mass is 16.5. The number of aromatic nitrogens is 2. The molecule has 1 heterocycles. The average Bonchev–Trinajstić information content (AvgIpc) is 3.27. The van der Waals surface area contributed by atoms with E-state index in [0.29, 0.717) is 17.8 Å². The predicted molar refractivity (Wildman–Crippen MR) is 144 cm³/mol. The molecule has 7 heteroatoms. The van der Waals surface area contributed by atoms with Gasteiger partial charge in [-0.25, -0.2) is 9.78 Å². The highest BCUT2D eigenvalue weighted by Crippen LogP contribution is 2.29. The van der Waals surface area contributed by atoms with E-state index in [4.69, 9.17) is 9.72 Å². The number of rotatable bonds is 10. The maximum absolute atomic E-state index is 12.5. The summed E-state index contributed by atoms with van der Waals surface area (Å²) in [6, 6.07) is 22.1. The van der Waals surface area contributed by atoms with Crippen molar-refractivity contribution >= 4 is 22.7 Å². The second-order valence-corrected chi connectivity index (χ2v) is 8.52. The molecule has 36 heavy (non-hydrogen) atoms. The molecule has 3 aromatic carbocycles. The molecule has 0 atom stereocenters. The van der Waals surface area contributed by atoms with E-state index in [2.05, 4.69) is 64.2 Å². The van der Waals surface area contributed by atoms with Crippen LogP contribution in [0.2, 0.25) is 0 Å². The van der Waals surface area contributed by atoms with Gasteiger partial charge in [0, 0.05) is 18.5 Å². The molecule has 0 spiro atoms. The second-order valence-electron chi connectivity index (χ2n) is 8.52. The largest absolute Gasteiger partial charge is 0.465 e. The van der Waals surface area contributed by atoms with Gasteiger partial charge in [0.05, 0.1) is 36.5 Å². The van der Waals surface area contributed by atoms with Gasteiger partial charge in [-0.2, -0.15) is 5.11 Å². The van der Waals surface area contributed by atoms with Gasteiger partial charge in [-0.1, -0.05) is 79.7 Å². The summed E-state index contributed by atoms with van der Waals surface area (Å²) in [6.45, 7) is 6.87. The summed E-state index contributed by atoms with van der Waals surface area (Å²) in [5.41, 5.74) is 9.92. The molecule has 0 bridgehead atoms. The molecular weight excluding hydrogens is 450 g/mol. The first-order valence-corrected chi connectivity index (χ1v) is 12.1. The number of fused-ring (bicyclic) bond motifs is 1. The lowest BCUT2D eigenvalue weighted by Gasteiger charge is -2.14. The van der Waals surface area contributed by atoms with E-state index in [-0.39, 0.29) is 5.97 Å². The second kappa shape index (κ2) is 11.4. The highest BCUT2D eigenvalue weighted by molar-refractivity contribution is 6.02. The number of carbonyl (C=O) groups is 1. The minimum absolute atomic E-state index is 0.354. The van der Waals surface area contributed by atoms with Crippen LogP contribution in [0.1, 0.15) is 47.1 Å². The monoisotopic (exact) mass is 481 g/mol. The van der Waals surface area contributed by atoms with Crippen LogP contribution in [0.3, 0.4) is 0 Å². The Morgan fingerprint density at radius 1 is 1.06 bits per heavy atom. The Morgan fingerprint density at radius 2 is 1.81 bits per heavy atom. The normalized spacial score (nSPS) is 11.2. The molecule has 1 aromatic heterocycles. The molecule has 4 rings (SSSR count). The predicted octanol–water partition coefficient (Wildman–Crippen LogP) is 6.44. The smallest absolute Gasteiger partial charge is 0.340 e. The number of benzene rings is 3. The number of methoxy groups -OCH3 is 1. The summed E-state index contributed by atoms with van der Waals surface area (Å²) < 4.78 is 7.21. The first-order chi connectivity index (χ1) is 17.6. The minimum Gasteiger partial charge on any atom is -0.465 e. The van der Waals surface area contributed by atoms with Gasteiger partial charge in [-0.05, 0) is 35.2 Å². The standard InChI is InChI=1S/C29H31N5O2/c1-5-6-14-27-31-26-13-9-12-25(29(35)36-4)28(26)34(27)19-21-15-17-22(18-16-21)24-11-8-7-10-23(24)20(2)32-33-30-3/h7-13,15-18H,2,5-6,14,19H2,1,3-4H3,(H,30,32). The van der Waals surface area contributed by atoms with Crippen LogP contribution >= 0.6 is 0 Å². The number of hydrogen-bond acceptors (Lipinski definition) is 5. The first-order valence-electron chi connectivity index (χ1n) is 12.1. The van der Waals surface area contributed by atoms with Crippen LogP contribution in [0.4, 0.5) is 0 Å². The Morgan fingerprint density at radius 3 is 2.53 bits per heavy atom. The van der Waals surface area contributed by atoms with E-state index in [9.17, 15) is 4.79 Å². The average molecular weight is 482 g/mol. The summed E-state index contributed by atoms with van der Waals surface area (Å²) in [4.78, 5) is 17.4. The molecule has 0 saturated heterocycles. The van der Waals surface area contributed by atoms with Gasteiger partial charge in [-0.15, -0.1) is 0 Å². The quantitative estimate of drug-likeness (QED) is 0.161. The number of esters is 1. The zero-order chi connectivity index (χ0) is 25.5. The number of unbranched alkanes of at least 4 members (excludes halogenated alkanes) is 1. The van der Waals surface area contributed by atoms with Gasteiger partial charge in [0.15, 0.2) is 0 Å². The molecule has 0 aliphatic rings. The Bertz CT molecular complexity index is 1400. The number of ether oxygens (including phenoxy) is 1. The van der Waals surface area contributed by atoms with Crippen LogP contribution in [0.25, 0.3) is 27.9 Å². The SMILES string of the molecule is C=C(NN=NC)c1ccccc1-c1ccc(Cn2c(CCCC)nc3cccc(C(=O)OC)c32)cc1. The lowest BCUT2D eigenvalue weighted by molar-refractivity contribution is 0.0602. The fourth-order valence-corrected chi connectivity index (χ4v) is 4.35. The van der Waals surface area contributed by atoms with Crippen molar-refractivity contribution in [1.82, 2.24) is 15.0 Å². The summed E-state index contributed by atoms with van der Waals surface area (Å²) in [7, 11) is 3.02. The fraction of sp³-hybridized carbons (Fsp3) is 0.241. The number of nitrogens with one attached hydrogen (secondary N) is 1. The lowest BCUT2D eigenvalue weighted by Crippen LogP contribution is -2.09. The van der Waals surface area contributed by atoms with Crippen molar-refractivity contribution in [3.63, 3.8) is 0 Å². The maximum atomic E-state index is 12.5. The molecule has 0 fully saturated rings. The van der Waals surface area contributed by atoms with Crippen LogP contribution < -0.4 is 5.43 Å². The number of carbonyl (C=O) groups excluding carboxylic acids is 1. The topological polar surface area (TPSA) is 80.9 Å². The number of aryl methyl sites for hydroxylation is 1. The van der Waals surface area contributed by atoms with Gasteiger partial charge >= 0.3 is 5.97 Å². The Kier molecular flexibility index (Phi) is 7.90. The zero-order valence-corrected chi connectivity index (χ0v) is 21.0. The van der Waals surface area contributed by atoms with Gasteiger partial charge < -0.3 is 9.30 Å². The zero-order valence-electron chi connectivity index (χ0n) is 21.0. The van der Waals surface area contributed by atoms with Gasteiger partial charge in [0.25, 0.3) is 0 Å². The number of para-hydroxylation sites is 1. The van der Waals surface area contributed by atoms with Crippen molar-refractivity contribution in [2.45, 2.75) is 32.7 Å². The highest BCUT2D eigenvalue weighted by Gasteiger charge is 2.19. The van der Waals surface area contributed by atoms with Crippen LogP contribution in [0, 0.1) is 0 Å². The lowest BCUT2D eigenvalue weighted by atomic mass is 9.97. The van der Waals surface area contributed by atoms with Crippen molar-refractivity contribution in [2.75, 3.05) is 14.2 Å². The molecule has 184 valence electrons. The van der Waals surface area contributed by atoms with E-state index in [0.717, 1.165) is 58.4 Å². The van der Waals surface area contributed by atoms with Crippen molar-refractivity contribution in [3.8, 4) is 11.1 Å². The minimum atomic E-state index is -0.354. The van der Waals surface area contributed by atoms with Crippen molar-refractivity contribution in [3.05, 3.63) is 95.8 Å². The van der Waals surface area contributed by atoms with Crippen LogP contribution in [-0.4, -0.2) is 29.7 Å². The van der Waals surface area contributed by atoms with Crippen LogP contribution in [0.15, 0.2) is 83.6 Å². The molecule has 4 aromatic rings. The molecule has 0 aliphatic heterocycles. The molecule has 0 unspecified atom stereocenters. The fourth-order valence-electron chi connectivity index (χ4n) is 4.35. The summed E-state index contributed by atoms with van der Waals surface area (Å²) in [5, 5.41) is 7.59. The van der Waals surface area contributed by atoms with E-state index in [1.165, 1.54) is 7.11 Å². The van der Waals surface area contributed by atoms with Crippen LogP contribution in [0.5, 0.6) is 0 Å². The Balaban J connectivity index is 1.70. The van der Waals surface area contributed by atoms with Crippen molar-refractivity contribution < 1.29 is 9.53 Å². The summed E-state index contributed by atoms with van der Waals surface area (Å²) in [6.07, 6.45) is 2.95. The van der Waals surface area contributed by atoms with E-state index in [1.807, 2.05) is 30.3 Å². The Hall–Kier alpha value is -4.26. The third-order valence-electron chi connectivity index (χ3n) is 6.15. The third kappa shape index (κ3) is 5.20. The van der Waals surface area contributed by atoms with E-state index >= 15 is 0 Å².